The van der Waals surface area contributed by atoms with E-state index in [4.69, 9.17) is 0 Å². The van der Waals surface area contributed by atoms with Crippen LogP contribution in [0.3, 0.4) is 0 Å². The molecule has 0 aromatic carbocycles. The predicted octanol–water partition coefficient (Wildman–Crippen LogP) is 0.854. The number of rotatable bonds is 7. The molecule has 1 aliphatic heterocycles. The quantitative estimate of drug-likeness (QED) is 0.719. The molecule has 0 radical (unpaired) electrons. The first-order valence-corrected chi connectivity index (χ1v) is 7.39. The highest BCUT2D eigenvalue weighted by atomic mass is 16.4. The third-order valence-corrected chi connectivity index (χ3v) is 3.89. The fourth-order valence-corrected chi connectivity index (χ4v) is 2.51. The molecule has 19 heavy (non-hydrogen) atoms. The lowest BCUT2D eigenvalue weighted by atomic mass is 10.1. The van der Waals surface area contributed by atoms with Crippen LogP contribution in [-0.2, 0) is 4.79 Å². The van der Waals surface area contributed by atoms with Crippen molar-refractivity contribution in [1.29, 1.82) is 0 Å². The Morgan fingerprint density at radius 1 is 1.21 bits per heavy atom. The molecule has 1 heterocycles. The molecule has 5 nitrogen and oxygen atoms in total. The second-order valence-electron chi connectivity index (χ2n) is 5.81. The molecule has 0 saturated carbocycles. The van der Waals surface area contributed by atoms with Crippen LogP contribution in [0.2, 0.25) is 0 Å². The maximum Gasteiger partial charge on any atom is 0.322 e. The van der Waals surface area contributed by atoms with E-state index in [0.717, 1.165) is 26.2 Å². The molecule has 2 unspecified atom stereocenters. The van der Waals surface area contributed by atoms with E-state index in [9.17, 15) is 9.90 Å². The van der Waals surface area contributed by atoms with Gasteiger partial charge in [0.1, 0.15) is 6.04 Å². The Bertz CT molecular complexity index is 276. The highest BCUT2D eigenvalue weighted by Gasteiger charge is 2.25. The van der Waals surface area contributed by atoms with Gasteiger partial charge in [-0.05, 0) is 13.3 Å². The van der Waals surface area contributed by atoms with E-state index < -0.39 is 12.0 Å². The summed E-state index contributed by atoms with van der Waals surface area (Å²) in [5.41, 5.74) is 0. The number of hydrogen-bond donors (Lipinski definition) is 2. The average Bonchev–Trinajstić information content (AvgIpc) is 2.37. The molecule has 1 saturated heterocycles. The lowest BCUT2D eigenvalue weighted by Crippen LogP contribution is -2.55. The zero-order valence-corrected chi connectivity index (χ0v) is 12.7. The highest BCUT2D eigenvalue weighted by molar-refractivity contribution is 5.73. The molecular weight excluding hydrogens is 242 g/mol. The zero-order valence-electron chi connectivity index (χ0n) is 12.7. The summed E-state index contributed by atoms with van der Waals surface area (Å²) in [6, 6.07) is 0.365. The Balaban J connectivity index is 2.40. The van der Waals surface area contributed by atoms with Gasteiger partial charge in [-0.1, -0.05) is 20.8 Å². The predicted molar refractivity (Wildman–Crippen MR) is 77.5 cm³/mol. The molecule has 0 aromatic heterocycles. The van der Waals surface area contributed by atoms with Gasteiger partial charge in [0.25, 0.3) is 0 Å². The summed E-state index contributed by atoms with van der Waals surface area (Å²) in [5.74, 6) is -0.752. The SMILES string of the molecule is CCC(C)N1CCN(CC(NC(C)C)C(=O)O)CC1. The summed E-state index contributed by atoms with van der Waals surface area (Å²) in [6.07, 6.45) is 1.17. The summed E-state index contributed by atoms with van der Waals surface area (Å²) in [5, 5.41) is 12.3. The Kier molecular flexibility index (Phi) is 6.75. The van der Waals surface area contributed by atoms with Crippen LogP contribution in [0.4, 0.5) is 0 Å². The van der Waals surface area contributed by atoms with Crippen LogP contribution in [-0.4, -0.2) is 71.7 Å². The standard InChI is InChI=1S/C14H29N3O2/c1-5-12(4)17-8-6-16(7-9-17)10-13(14(18)19)15-11(2)3/h11-13,15H,5-10H2,1-4H3,(H,18,19). The maximum atomic E-state index is 11.2. The van der Waals surface area contributed by atoms with E-state index in [1.807, 2.05) is 13.8 Å². The number of carbonyl (C=O) groups is 1. The molecule has 2 N–H and O–H groups in total. The number of carboxylic acids is 1. The van der Waals surface area contributed by atoms with Crippen molar-refractivity contribution < 1.29 is 9.90 Å². The highest BCUT2D eigenvalue weighted by Crippen LogP contribution is 2.09. The Labute approximate surface area is 117 Å². The second-order valence-corrected chi connectivity index (χ2v) is 5.81. The van der Waals surface area contributed by atoms with E-state index in [0.29, 0.717) is 12.6 Å². The van der Waals surface area contributed by atoms with Crippen molar-refractivity contribution in [2.24, 2.45) is 0 Å². The van der Waals surface area contributed by atoms with Crippen molar-refractivity contribution in [2.75, 3.05) is 32.7 Å². The van der Waals surface area contributed by atoms with Crippen LogP contribution in [0.25, 0.3) is 0 Å². The molecule has 112 valence electrons. The number of hydrogen-bond acceptors (Lipinski definition) is 4. The van der Waals surface area contributed by atoms with Crippen LogP contribution in [0.15, 0.2) is 0 Å². The minimum atomic E-state index is -0.752. The van der Waals surface area contributed by atoms with E-state index in [1.165, 1.54) is 6.42 Å². The van der Waals surface area contributed by atoms with E-state index in [1.54, 1.807) is 0 Å². The molecule has 0 amide bonds. The molecular formula is C14H29N3O2. The van der Waals surface area contributed by atoms with Crippen LogP contribution in [0.5, 0.6) is 0 Å². The number of piperazine rings is 1. The molecule has 0 aromatic rings. The van der Waals surface area contributed by atoms with Gasteiger partial charge in [-0.15, -0.1) is 0 Å². The summed E-state index contributed by atoms with van der Waals surface area (Å²) >= 11 is 0. The first-order valence-electron chi connectivity index (χ1n) is 7.39. The van der Waals surface area contributed by atoms with Gasteiger partial charge in [-0.2, -0.15) is 0 Å². The minimum Gasteiger partial charge on any atom is -0.480 e. The number of carboxylic acid groups (broad SMARTS) is 1. The van der Waals surface area contributed by atoms with Crippen molar-refractivity contribution in [2.45, 2.75) is 52.2 Å². The van der Waals surface area contributed by atoms with Crippen LogP contribution in [0, 0.1) is 0 Å². The van der Waals surface area contributed by atoms with Crippen LogP contribution < -0.4 is 5.32 Å². The van der Waals surface area contributed by atoms with Gasteiger partial charge in [0.2, 0.25) is 0 Å². The first kappa shape index (κ1) is 16.4. The van der Waals surface area contributed by atoms with Crippen LogP contribution >= 0.6 is 0 Å². The lowest BCUT2D eigenvalue weighted by molar-refractivity contribution is -0.140. The molecule has 1 fully saturated rings. The fourth-order valence-electron chi connectivity index (χ4n) is 2.51. The monoisotopic (exact) mass is 271 g/mol. The number of aliphatic carboxylic acids is 1. The van der Waals surface area contributed by atoms with Gasteiger partial charge in [0.05, 0.1) is 0 Å². The van der Waals surface area contributed by atoms with E-state index in [-0.39, 0.29) is 6.04 Å². The van der Waals surface area contributed by atoms with Gasteiger partial charge < -0.3 is 10.4 Å². The van der Waals surface area contributed by atoms with Crippen molar-refractivity contribution in [3.63, 3.8) is 0 Å². The van der Waals surface area contributed by atoms with Crippen molar-refractivity contribution in [3.05, 3.63) is 0 Å². The zero-order chi connectivity index (χ0) is 14.4. The van der Waals surface area contributed by atoms with Gasteiger partial charge >= 0.3 is 5.97 Å². The molecule has 1 aliphatic rings. The fraction of sp³-hybridized carbons (Fsp3) is 0.929. The Morgan fingerprint density at radius 2 is 1.79 bits per heavy atom. The van der Waals surface area contributed by atoms with Gasteiger partial charge in [-0.3, -0.25) is 14.6 Å². The molecule has 5 heteroatoms. The maximum absolute atomic E-state index is 11.2. The molecule has 0 aliphatic carbocycles. The normalized spacial score (nSPS) is 21.5. The largest absolute Gasteiger partial charge is 0.480 e. The summed E-state index contributed by atoms with van der Waals surface area (Å²) < 4.78 is 0. The molecule has 0 bridgehead atoms. The Hall–Kier alpha value is -0.650. The van der Waals surface area contributed by atoms with E-state index in [2.05, 4.69) is 29.0 Å². The summed E-state index contributed by atoms with van der Waals surface area (Å²) in [6.45, 7) is 13.1. The van der Waals surface area contributed by atoms with E-state index >= 15 is 0 Å². The topological polar surface area (TPSA) is 55.8 Å². The molecule has 1 rings (SSSR count). The first-order chi connectivity index (χ1) is 8.93. The van der Waals surface area contributed by atoms with Crippen LogP contribution in [0.1, 0.15) is 34.1 Å². The van der Waals surface area contributed by atoms with Gasteiger partial charge in [0.15, 0.2) is 0 Å². The molecule has 2 atom stereocenters. The van der Waals surface area contributed by atoms with Gasteiger partial charge in [0, 0.05) is 44.8 Å². The van der Waals surface area contributed by atoms with Crippen molar-refractivity contribution >= 4 is 5.97 Å². The van der Waals surface area contributed by atoms with Crippen molar-refractivity contribution in [3.8, 4) is 0 Å². The summed E-state index contributed by atoms with van der Waals surface area (Å²) in [7, 11) is 0. The molecule has 0 spiro atoms. The smallest absolute Gasteiger partial charge is 0.322 e. The average molecular weight is 271 g/mol. The second kappa shape index (κ2) is 7.82. The lowest BCUT2D eigenvalue weighted by Gasteiger charge is -2.38. The third kappa shape index (κ3) is 5.47. The summed E-state index contributed by atoms with van der Waals surface area (Å²) in [4.78, 5) is 16.0. The van der Waals surface area contributed by atoms with Gasteiger partial charge in [-0.25, -0.2) is 0 Å². The number of nitrogens with zero attached hydrogens (tertiary/aromatic N) is 2. The number of nitrogens with one attached hydrogen (secondary N) is 1. The minimum absolute atomic E-state index is 0.197. The Morgan fingerprint density at radius 3 is 2.21 bits per heavy atom. The third-order valence-electron chi connectivity index (χ3n) is 3.89. The van der Waals surface area contributed by atoms with Crippen molar-refractivity contribution in [1.82, 2.24) is 15.1 Å².